The molecule has 0 aliphatic carbocycles. The van der Waals surface area contributed by atoms with Crippen LogP contribution in [0.4, 0.5) is 11.8 Å². The van der Waals surface area contributed by atoms with Gasteiger partial charge in [0, 0.05) is 30.4 Å². The highest BCUT2D eigenvalue weighted by Gasteiger charge is 2.27. The van der Waals surface area contributed by atoms with Gasteiger partial charge in [0.2, 0.25) is 5.95 Å². The molecule has 36 heavy (non-hydrogen) atoms. The van der Waals surface area contributed by atoms with E-state index in [9.17, 15) is 5.11 Å². The molecule has 1 N–H and O–H groups in total. The number of hydrogen-bond acceptors (Lipinski definition) is 9. The van der Waals surface area contributed by atoms with Crippen molar-refractivity contribution in [3.05, 3.63) is 65.5 Å². The molecule has 4 aromatic rings. The first-order valence-corrected chi connectivity index (χ1v) is 12.1. The average molecular weight is 485 g/mol. The first-order chi connectivity index (χ1) is 17.6. The molecule has 9 nitrogen and oxygen atoms in total. The van der Waals surface area contributed by atoms with Crippen LogP contribution in [0.2, 0.25) is 0 Å². The van der Waals surface area contributed by atoms with Crippen molar-refractivity contribution in [2.45, 2.75) is 32.7 Å². The number of ether oxygens (including phenoxy) is 2. The Balaban J connectivity index is 1.47. The predicted molar refractivity (Wildman–Crippen MR) is 137 cm³/mol. The number of benzene rings is 1. The van der Waals surface area contributed by atoms with Gasteiger partial charge in [0.25, 0.3) is 0 Å². The van der Waals surface area contributed by atoms with E-state index >= 15 is 0 Å². The minimum atomic E-state index is -0.112. The number of aliphatic hydroxyl groups excluding tert-OH is 1. The van der Waals surface area contributed by atoms with Crippen molar-refractivity contribution < 1.29 is 14.6 Å². The molecule has 1 saturated heterocycles. The van der Waals surface area contributed by atoms with E-state index in [1.807, 2.05) is 42.6 Å². The van der Waals surface area contributed by atoms with E-state index in [4.69, 9.17) is 24.4 Å². The summed E-state index contributed by atoms with van der Waals surface area (Å²) in [5.74, 6) is 2.17. The van der Waals surface area contributed by atoms with Crippen molar-refractivity contribution >= 4 is 22.8 Å². The molecule has 0 bridgehead atoms. The number of pyridine rings is 2. The van der Waals surface area contributed by atoms with E-state index in [2.05, 4.69) is 27.8 Å². The Kier molecular flexibility index (Phi) is 5.86. The van der Waals surface area contributed by atoms with Gasteiger partial charge in [0.1, 0.15) is 11.6 Å². The number of methoxy groups -OCH3 is 1. The van der Waals surface area contributed by atoms with Crippen LogP contribution in [0.25, 0.3) is 22.3 Å². The van der Waals surface area contributed by atoms with Crippen LogP contribution in [0.3, 0.4) is 0 Å². The summed E-state index contributed by atoms with van der Waals surface area (Å²) in [6.07, 6.45) is 1.83. The number of nitrogens with zero attached hydrogens (tertiary/aromatic N) is 6. The summed E-state index contributed by atoms with van der Waals surface area (Å²) in [7, 11) is 1.60. The third kappa shape index (κ3) is 4.00. The van der Waals surface area contributed by atoms with Crippen molar-refractivity contribution in [3.63, 3.8) is 0 Å². The lowest BCUT2D eigenvalue weighted by atomic mass is 10.1. The second kappa shape index (κ2) is 9.33. The largest absolute Gasteiger partial charge is 0.496 e. The molecule has 0 unspecified atom stereocenters. The van der Waals surface area contributed by atoms with Gasteiger partial charge < -0.3 is 24.4 Å². The highest BCUT2D eigenvalue weighted by atomic mass is 16.5. The lowest BCUT2D eigenvalue weighted by Crippen LogP contribution is -2.44. The molecule has 184 valence electrons. The molecule has 6 rings (SSSR count). The van der Waals surface area contributed by atoms with Crippen molar-refractivity contribution in [3.8, 4) is 17.0 Å². The van der Waals surface area contributed by atoms with Gasteiger partial charge in [-0.3, -0.25) is 4.98 Å². The van der Waals surface area contributed by atoms with Crippen LogP contribution in [-0.2, 0) is 24.4 Å². The predicted octanol–water partition coefficient (Wildman–Crippen LogP) is 3.33. The number of morpholine rings is 1. The molecule has 2 aliphatic rings. The van der Waals surface area contributed by atoms with E-state index in [0.717, 1.165) is 34.7 Å². The van der Waals surface area contributed by atoms with Crippen LogP contribution in [0.5, 0.6) is 5.75 Å². The monoisotopic (exact) mass is 484 g/mol. The molecular formula is C27H28N6O3. The maximum Gasteiger partial charge on any atom is 0.230 e. The molecule has 9 heteroatoms. The van der Waals surface area contributed by atoms with Crippen molar-refractivity contribution in [2.24, 2.45) is 0 Å². The molecule has 0 saturated carbocycles. The van der Waals surface area contributed by atoms with Gasteiger partial charge in [0.15, 0.2) is 5.65 Å². The molecule has 2 aliphatic heterocycles. The van der Waals surface area contributed by atoms with Gasteiger partial charge in [-0.25, -0.2) is 4.98 Å². The summed E-state index contributed by atoms with van der Waals surface area (Å²) >= 11 is 0. The zero-order chi connectivity index (χ0) is 24.6. The second-order valence-electron chi connectivity index (χ2n) is 9.18. The van der Waals surface area contributed by atoms with Crippen molar-refractivity contribution in [1.82, 2.24) is 19.9 Å². The Morgan fingerprint density at radius 1 is 1.11 bits per heavy atom. The maximum absolute atomic E-state index is 9.78. The number of rotatable bonds is 5. The molecule has 5 heterocycles. The number of hydrogen-bond donors (Lipinski definition) is 1. The Hall–Kier alpha value is -3.82. The third-order valence-corrected chi connectivity index (χ3v) is 6.88. The smallest absolute Gasteiger partial charge is 0.230 e. The van der Waals surface area contributed by atoms with Crippen LogP contribution in [0.15, 0.2) is 48.7 Å². The highest BCUT2D eigenvalue weighted by molar-refractivity contribution is 5.90. The number of fused-ring (bicyclic) bond motifs is 2. The summed E-state index contributed by atoms with van der Waals surface area (Å²) in [6, 6.07) is 14.0. The molecule has 3 aromatic heterocycles. The molecular weight excluding hydrogens is 456 g/mol. The van der Waals surface area contributed by atoms with Gasteiger partial charge in [-0.05, 0) is 48.9 Å². The standard InChI is InChI=1S/C27H28N6O3/c1-17-16-36-11-10-33(17)26-21-6-7-22(18-5-8-24(35-2)20(12-18)15-34)29-25(21)30-27(31-26)32-13-19-4-3-9-28-23(19)14-32/h3-9,12,17,34H,10-11,13-16H2,1-2H3/t17-/m0/s1. The number of anilines is 2. The fourth-order valence-electron chi connectivity index (χ4n) is 4.95. The molecule has 0 spiro atoms. The summed E-state index contributed by atoms with van der Waals surface area (Å²) in [5, 5.41) is 10.7. The fourth-order valence-corrected chi connectivity index (χ4v) is 4.95. The van der Waals surface area contributed by atoms with E-state index in [1.54, 1.807) is 7.11 Å². The first kappa shape index (κ1) is 22.6. The van der Waals surface area contributed by atoms with Crippen LogP contribution in [0, 0.1) is 0 Å². The zero-order valence-electron chi connectivity index (χ0n) is 20.4. The topological polar surface area (TPSA) is 96.7 Å². The third-order valence-electron chi connectivity index (χ3n) is 6.88. The Morgan fingerprint density at radius 2 is 2.03 bits per heavy atom. The van der Waals surface area contributed by atoms with Crippen molar-refractivity contribution in [1.29, 1.82) is 0 Å². The SMILES string of the molecule is COc1ccc(-c2ccc3c(N4CCOC[C@@H]4C)nc(N4Cc5cccnc5C4)nc3n2)cc1CO. The van der Waals surface area contributed by atoms with Crippen LogP contribution in [-0.4, -0.2) is 58.0 Å². The minimum Gasteiger partial charge on any atom is -0.496 e. The van der Waals surface area contributed by atoms with E-state index < -0.39 is 0 Å². The van der Waals surface area contributed by atoms with Gasteiger partial charge in [0.05, 0.1) is 56.3 Å². The second-order valence-corrected chi connectivity index (χ2v) is 9.18. The lowest BCUT2D eigenvalue weighted by molar-refractivity contribution is 0.0987. The lowest BCUT2D eigenvalue weighted by Gasteiger charge is -2.35. The minimum absolute atomic E-state index is 0.112. The van der Waals surface area contributed by atoms with Crippen LogP contribution < -0.4 is 14.5 Å². The van der Waals surface area contributed by atoms with E-state index in [0.29, 0.717) is 49.2 Å². The van der Waals surface area contributed by atoms with E-state index in [-0.39, 0.29) is 12.6 Å². The summed E-state index contributed by atoms with van der Waals surface area (Å²) in [6.45, 7) is 5.49. The maximum atomic E-state index is 9.78. The van der Waals surface area contributed by atoms with Gasteiger partial charge in [-0.15, -0.1) is 0 Å². The molecule has 0 amide bonds. The van der Waals surface area contributed by atoms with Gasteiger partial charge in [-0.1, -0.05) is 6.07 Å². The van der Waals surface area contributed by atoms with Crippen LogP contribution in [0.1, 0.15) is 23.7 Å². The molecule has 1 aromatic carbocycles. The quantitative estimate of drug-likeness (QED) is 0.457. The van der Waals surface area contributed by atoms with E-state index in [1.165, 1.54) is 5.56 Å². The first-order valence-electron chi connectivity index (χ1n) is 12.1. The van der Waals surface area contributed by atoms with Gasteiger partial charge in [-0.2, -0.15) is 9.97 Å². The molecule has 0 radical (unpaired) electrons. The van der Waals surface area contributed by atoms with Gasteiger partial charge >= 0.3 is 0 Å². The average Bonchev–Trinajstić information content (AvgIpc) is 3.36. The normalized spacial score (nSPS) is 17.5. The summed E-state index contributed by atoms with van der Waals surface area (Å²) in [5.41, 5.74) is 5.26. The Labute approximate surface area is 209 Å². The molecule has 1 fully saturated rings. The van der Waals surface area contributed by atoms with Crippen LogP contribution >= 0.6 is 0 Å². The Bertz CT molecular complexity index is 1400. The summed E-state index contributed by atoms with van der Waals surface area (Å²) in [4.78, 5) is 23.9. The number of aliphatic hydroxyl groups is 1. The summed E-state index contributed by atoms with van der Waals surface area (Å²) < 4.78 is 11.0. The zero-order valence-corrected chi connectivity index (χ0v) is 20.4. The Morgan fingerprint density at radius 3 is 2.83 bits per heavy atom. The molecule has 1 atom stereocenters. The van der Waals surface area contributed by atoms with Crippen molar-refractivity contribution in [2.75, 3.05) is 36.7 Å². The highest BCUT2D eigenvalue weighted by Crippen LogP contribution is 2.33. The number of aromatic nitrogens is 4. The fraction of sp³-hybridized carbons (Fsp3) is 0.333.